The first kappa shape index (κ1) is 15.4. The lowest BCUT2D eigenvalue weighted by Gasteiger charge is -2.32. The van der Waals surface area contributed by atoms with Crippen LogP contribution in [-0.2, 0) is 6.54 Å². The minimum atomic E-state index is 0.781. The molecule has 22 heavy (non-hydrogen) atoms. The van der Waals surface area contributed by atoms with Crippen LogP contribution in [0, 0.1) is 0 Å². The van der Waals surface area contributed by atoms with Crippen LogP contribution in [0.5, 0.6) is 5.75 Å². The number of piperazine rings is 1. The van der Waals surface area contributed by atoms with E-state index in [9.17, 15) is 0 Å². The molecule has 0 radical (unpaired) electrons. The Morgan fingerprint density at radius 3 is 2.77 bits per heavy atom. The van der Waals surface area contributed by atoms with E-state index in [-0.39, 0.29) is 0 Å². The molecule has 0 aliphatic carbocycles. The van der Waals surface area contributed by atoms with Crippen LogP contribution >= 0.6 is 11.3 Å². The van der Waals surface area contributed by atoms with Gasteiger partial charge in [0.1, 0.15) is 10.8 Å². The Bertz CT molecular complexity index is 608. The number of thiazole rings is 1. The van der Waals surface area contributed by atoms with Crippen molar-refractivity contribution in [3.8, 4) is 16.2 Å². The number of rotatable bonds is 5. The molecular weight excluding hydrogens is 296 g/mol. The fourth-order valence-corrected chi connectivity index (χ4v) is 3.39. The maximum absolute atomic E-state index is 5.42. The summed E-state index contributed by atoms with van der Waals surface area (Å²) in [4.78, 5) is 8.03. The fraction of sp³-hybridized carbons (Fsp3) is 0.438. The number of hydrogen-bond acceptors (Lipinski definition) is 6. The van der Waals surface area contributed by atoms with Crippen LogP contribution in [0.2, 0.25) is 0 Å². The highest BCUT2D eigenvalue weighted by molar-refractivity contribution is 7.15. The van der Waals surface area contributed by atoms with Gasteiger partial charge in [-0.15, -0.1) is 11.3 Å². The molecule has 118 valence electrons. The molecule has 1 saturated heterocycles. The summed E-state index contributed by atoms with van der Waals surface area (Å²) in [5.74, 6) is 0.893. The van der Waals surface area contributed by atoms with Gasteiger partial charge in [-0.3, -0.25) is 0 Å². The predicted octanol–water partition coefficient (Wildman–Crippen LogP) is 2.07. The number of methoxy groups -OCH3 is 1. The summed E-state index contributed by atoms with van der Waals surface area (Å²) >= 11 is 1.71. The summed E-state index contributed by atoms with van der Waals surface area (Å²) in [5, 5.41) is 3.38. The second-order valence-corrected chi connectivity index (χ2v) is 6.56. The van der Waals surface area contributed by atoms with Crippen molar-refractivity contribution in [3.63, 3.8) is 0 Å². The Balaban J connectivity index is 1.62. The molecule has 1 aliphatic heterocycles. The number of benzene rings is 1. The zero-order valence-corrected chi connectivity index (χ0v) is 13.9. The molecular formula is C16H22N4OS. The topological polar surface area (TPSA) is 40.6 Å². The van der Waals surface area contributed by atoms with Gasteiger partial charge in [0.05, 0.1) is 18.5 Å². The van der Waals surface area contributed by atoms with Crippen LogP contribution in [-0.4, -0.2) is 55.2 Å². The quantitative estimate of drug-likeness (QED) is 0.914. The third-order valence-corrected chi connectivity index (χ3v) is 4.91. The lowest BCUT2D eigenvalue weighted by Crippen LogP contribution is -2.50. The van der Waals surface area contributed by atoms with Gasteiger partial charge in [-0.05, 0) is 19.2 Å². The third-order valence-electron chi connectivity index (χ3n) is 3.88. The maximum Gasteiger partial charge on any atom is 0.127 e. The molecule has 0 amide bonds. The number of aromatic nitrogens is 1. The molecule has 0 atom stereocenters. The summed E-state index contributed by atoms with van der Waals surface area (Å²) in [6, 6.07) is 8.07. The highest BCUT2D eigenvalue weighted by Gasteiger charge is 2.14. The molecule has 5 nitrogen and oxygen atoms in total. The molecule has 1 fully saturated rings. The van der Waals surface area contributed by atoms with Crippen LogP contribution in [0.1, 0.15) is 5.01 Å². The van der Waals surface area contributed by atoms with Gasteiger partial charge in [-0.1, -0.05) is 12.1 Å². The van der Waals surface area contributed by atoms with Crippen molar-refractivity contribution in [2.24, 2.45) is 0 Å². The van der Waals surface area contributed by atoms with Crippen molar-refractivity contribution in [1.29, 1.82) is 0 Å². The van der Waals surface area contributed by atoms with E-state index in [2.05, 4.69) is 33.4 Å². The minimum absolute atomic E-state index is 0.781. The first-order valence-electron chi connectivity index (χ1n) is 7.51. The molecule has 0 spiro atoms. The smallest absolute Gasteiger partial charge is 0.127 e. The molecule has 6 heteroatoms. The lowest BCUT2D eigenvalue weighted by molar-refractivity contribution is 0.102. The van der Waals surface area contributed by atoms with E-state index in [0.717, 1.165) is 53.9 Å². The van der Waals surface area contributed by atoms with Crippen molar-refractivity contribution < 1.29 is 4.74 Å². The van der Waals surface area contributed by atoms with Crippen LogP contribution in [0.3, 0.4) is 0 Å². The highest BCUT2D eigenvalue weighted by atomic mass is 32.1. The number of nitrogens with zero attached hydrogens (tertiary/aromatic N) is 3. The van der Waals surface area contributed by atoms with Gasteiger partial charge in [0, 0.05) is 37.9 Å². The molecule has 1 N–H and O–H groups in total. The van der Waals surface area contributed by atoms with Gasteiger partial charge < -0.3 is 9.64 Å². The molecule has 2 aromatic rings. The van der Waals surface area contributed by atoms with Gasteiger partial charge in [0.2, 0.25) is 0 Å². The molecule has 0 bridgehead atoms. The van der Waals surface area contributed by atoms with E-state index in [4.69, 9.17) is 4.74 Å². The van der Waals surface area contributed by atoms with E-state index < -0.39 is 0 Å². The second kappa shape index (κ2) is 7.19. The zero-order chi connectivity index (χ0) is 15.4. The van der Waals surface area contributed by atoms with Gasteiger partial charge in [0.15, 0.2) is 0 Å². The van der Waals surface area contributed by atoms with E-state index in [1.165, 1.54) is 0 Å². The SMILES string of the molecule is COc1ccccc1-c1cnc(CNN2CCN(C)CC2)s1. The number of para-hydroxylation sites is 1. The number of nitrogens with one attached hydrogen (secondary N) is 1. The number of ether oxygens (including phenoxy) is 1. The van der Waals surface area contributed by atoms with Crippen molar-refractivity contribution in [1.82, 2.24) is 20.3 Å². The van der Waals surface area contributed by atoms with Crippen molar-refractivity contribution in [2.75, 3.05) is 40.3 Å². The van der Waals surface area contributed by atoms with Gasteiger partial charge in [-0.2, -0.15) is 0 Å². The fourth-order valence-electron chi connectivity index (χ4n) is 2.51. The highest BCUT2D eigenvalue weighted by Crippen LogP contribution is 2.33. The Kier molecular flexibility index (Phi) is 5.04. The van der Waals surface area contributed by atoms with Crippen LogP contribution in [0.4, 0.5) is 0 Å². The van der Waals surface area contributed by atoms with Crippen LogP contribution in [0.15, 0.2) is 30.5 Å². The van der Waals surface area contributed by atoms with E-state index in [1.54, 1.807) is 18.4 Å². The van der Waals surface area contributed by atoms with Crippen molar-refractivity contribution in [2.45, 2.75) is 6.54 Å². The lowest BCUT2D eigenvalue weighted by atomic mass is 10.2. The molecule has 1 aromatic carbocycles. The zero-order valence-electron chi connectivity index (χ0n) is 13.1. The average Bonchev–Trinajstić information content (AvgIpc) is 3.03. The molecule has 0 saturated carbocycles. The van der Waals surface area contributed by atoms with Crippen LogP contribution in [0.25, 0.3) is 10.4 Å². The average molecular weight is 318 g/mol. The molecule has 1 aliphatic rings. The standard InChI is InChI=1S/C16H22N4OS/c1-19-7-9-20(10-8-19)18-12-16-17-11-15(22-16)13-5-3-4-6-14(13)21-2/h3-6,11,18H,7-10,12H2,1-2H3. The van der Waals surface area contributed by atoms with Crippen molar-refractivity contribution >= 4 is 11.3 Å². The van der Waals surface area contributed by atoms with Crippen molar-refractivity contribution in [3.05, 3.63) is 35.5 Å². The van der Waals surface area contributed by atoms with E-state index in [0.29, 0.717) is 0 Å². The predicted molar refractivity (Wildman–Crippen MR) is 90.0 cm³/mol. The van der Waals surface area contributed by atoms with E-state index >= 15 is 0 Å². The molecule has 1 aromatic heterocycles. The Hall–Kier alpha value is -1.47. The molecule has 0 unspecified atom stereocenters. The Morgan fingerprint density at radius 2 is 2.00 bits per heavy atom. The molecule has 2 heterocycles. The maximum atomic E-state index is 5.42. The molecule has 3 rings (SSSR count). The minimum Gasteiger partial charge on any atom is -0.496 e. The first-order valence-corrected chi connectivity index (χ1v) is 8.33. The number of hydrazine groups is 1. The Morgan fingerprint density at radius 1 is 1.23 bits per heavy atom. The summed E-state index contributed by atoms with van der Waals surface area (Å²) in [6.07, 6.45) is 1.93. The van der Waals surface area contributed by atoms with Gasteiger partial charge in [-0.25, -0.2) is 15.4 Å². The summed E-state index contributed by atoms with van der Waals surface area (Å²) in [7, 11) is 3.87. The van der Waals surface area contributed by atoms with Crippen LogP contribution < -0.4 is 10.2 Å². The summed E-state index contributed by atoms with van der Waals surface area (Å²) in [5.41, 5.74) is 4.58. The normalized spacial score (nSPS) is 16.8. The van der Waals surface area contributed by atoms with Gasteiger partial charge in [0.25, 0.3) is 0 Å². The van der Waals surface area contributed by atoms with E-state index in [1.807, 2.05) is 24.4 Å². The summed E-state index contributed by atoms with van der Waals surface area (Å²) < 4.78 is 5.42. The third kappa shape index (κ3) is 3.64. The second-order valence-electron chi connectivity index (χ2n) is 5.44. The van der Waals surface area contributed by atoms with Gasteiger partial charge >= 0.3 is 0 Å². The number of hydrogen-bond donors (Lipinski definition) is 1. The number of likely N-dealkylation sites (N-methyl/N-ethyl adjacent to an activating group) is 1. The Labute approximate surface area is 135 Å². The first-order chi connectivity index (χ1) is 10.8. The summed E-state index contributed by atoms with van der Waals surface area (Å²) in [6.45, 7) is 5.11. The monoisotopic (exact) mass is 318 g/mol. The largest absolute Gasteiger partial charge is 0.496 e.